The van der Waals surface area contributed by atoms with Gasteiger partial charge in [-0.3, -0.25) is 0 Å². The molecule has 0 radical (unpaired) electrons. The maximum Gasteiger partial charge on any atom is 0.0667 e. The summed E-state index contributed by atoms with van der Waals surface area (Å²) in [5.74, 6) is 2.43. The molecule has 11 heavy (non-hydrogen) atoms. The fourth-order valence-corrected chi connectivity index (χ4v) is 3.36. The second kappa shape index (κ2) is 3.06. The van der Waals surface area contributed by atoms with Gasteiger partial charge in [-0.2, -0.15) is 0 Å². The van der Waals surface area contributed by atoms with Gasteiger partial charge in [0.25, 0.3) is 0 Å². The van der Waals surface area contributed by atoms with Crippen LogP contribution in [-0.4, -0.2) is 16.5 Å². The molecule has 2 saturated carbocycles. The maximum atomic E-state index is 9.63. The van der Waals surface area contributed by atoms with Gasteiger partial charge in [-0.05, 0) is 37.0 Å². The number of aliphatic hydroxyl groups excluding tert-OH is 1. The van der Waals surface area contributed by atoms with E-state index < -0.39 is 0 Å². The molecule has 2 fully saturated rings. The number of hydrogen-bond acceptors (Lipinski definition) is 1. The van der Waals surface area contributed by atoms with Crippen LogP contribution >= 0.6 is 15.9 Å². The monoisotopic (exact) mass is 218 g/mol. The summed E-state index contributed by atoms with van der Waals surface area (Å²) in [6, 6.07) is 0. The maximum absolute atomic E-state index is 9.63. The Labute approximate surface area is 76.3 Å². The van der Waals surface area contributed by atoms with Gasteiger partial charge in [0.15, 0.2) is 0 Å². The molecule has 2 heteroatoms. The van der Waals surface area contributed by atoms with Gasteiger partial charge in [0.1, 0.15) is 0 Å². The lowest BCUT2D eigenvalue weighted by molar-refractivity contribution is 0.0954. The molecule has 0 aromatic rings. The van der Waals surface area contributed by atoms with E-state index in [1.165, 1.54) is 25.7 Å². The van der Waals surface area contributed by atoms with Crippen molar-refractivity contribution in [3.05, 3.63) is 0 Å². The Morgan fingerprint density at radius 1 is 1.36 bits per heavy atom. The second-order valence-corrected chi connectivity index (χ2v) is 4.71. The zero-order valence-corrected chi connectivity index (χ0v) is 8.26. The standard InChI is InChI=1S/C9H15BrO/c10-5-9(11)8-4-6-1-2-7(8)3-6/h6-9,11H,1-5H2/t6?,7?,8?,9-/m0/s1. The number of aliphatic hydroxyl groups is 1. The SMILES string of the molecule is O[C@@H](CBr)C1CC2CCC1C2. The van der Waals surface area contributed by atoms with E-state index in [0.29, 0.717) is 5.92 Å². The van der Waals surface area contributed by atoms with E-state index in [1.807, 2.05) is 0 Å². The van der Waals surface area contributed by atoms with E-state index in [0.717, 1.165) is 17.2 Å². The number of hydrogen-bond donors (Lipinski definition) is 1. The average Bonchev–Trinajstić information content (AvgIpc) is 2.62. The smallest absolute Gasteiger partial charge is 0.0667 e. The number of fused-ring (bicyclic) bond motifs is 2. The normalized spacial score (nSPS) is 44.7. The topological polar surface area (TPSA) is 20.2 Å². The molecule has 2 bridgehead atoms. The molecule has 1 nitrogen and oxygen atoms in total. The van der Waals surface area contributed by atoms with Crippen molar-refractivity contribution in [3.8, 4) is 0 Å². The Hall–Kier alpha value is 0.440. The van der Waals surface area contributed by atoms with E-state index in [2.05, 4.69) is 15.9 Å². The van der Waals surface area contributed by atoms with Crippen molar-refractivity contribution in [3.63, 3.8) is 0 Å². The van der Waals surface area contributed by atoms with Crippen LogP contribution in [-0.2, 0) is 0 Å². The van der Waals surface area contributed by atoms with Crippen LogP contribution in [0.4, 0.5) is 0 Å². The predicted octanol–water partition coefficient (Wildman–Crippen LogP) is 2.18. The van der Waals surface area contributed by atoms with Crippen molar-refractivity contribution in [1.29, 1.82) is 0 Å². The highest BCUT2D eigenvalue weighted by molar-refractivity contribution is 9.09. The van der Waals surface area contributed by atoms with Gasteiger partial charge in [0.05, 0.1) is 6.10 Å². The van der Waals surface area contributed by atoms with Gasteiger partial charge < -0.3 is 5.11 Å². The van der Waals surface area contributed by atoms with Crippen LogP contribution in [0.5, 0.6) is 0 Å². The molecule has 4 atom stereocenters. The summed E-state index contributed by atoms with van der Waals surface area (Å²) in [6.45, 7) is 0. The molecular weight excluding hydrogens is 204 g/mol. The molecule has 1 N–H and O–H groups in total. The zero-order valence-electron chi connectivity index (χ0n) is 6.67. The van der Waals surface area contributed by atoms with Gasteiger partial charge in [0.2, 0.25) is 0 Å². The van der Waals surface area contributed by atoms with Crippen molar-refractivity contribution in [2.75, 3.05) is 5.33 Å². The Bertz CT molecular complexity index is 148. The molecule has 0 aliphatic heterocycles. The largest absolute Gasteiger partial charge is 0.392 e. The van der Waals surface area contributed by atoms with Crippen LogP contribution < -0.4 is 0 Å². The lowest BCUT2D eigenvalue weighted by Gasteiger charge is -2.25. The molecule has 0 spiro atoms. The van der Waals surface area contributed by atoms with Crippen LogP contribution in [0.2, 0.25) is 0 Å². The highest BCUT2D eigenvalue weighted by atomic mass is 79.9. The quantitative estimate of drug-likeness (QED) is 0.705. The first-order valence-electron chi connectivity index (χ1n) is 4.55. The Morgan fingerprint density at radius 3 is 2.64 bits per heavy atom. The number of alkyl halides is 1. The van der Waals surface area contributed by atoms with Gasteiger partial charge in [-0.15, -0.1) is 0 Å². The highest BCUT2D eigenvalue weighted by Crippen LogP contribution is 2.49. The Balaban J connectivity index is 1.96. The van der Waals surface area contributed by atoms with Crippen molar-refractivity contribution in [1.82, 2.24) is 0 Å². The van der Waals surface area contributed by atoms with Crippen LogP contribution in [0.15, 0.2) is 0 Å². The van der Waals surface area contributed by atoms with Gasteiger partial charge in [-0.25, -0.2) is 0 Å². The van der Waals surface area contributed by atoms with E-state index in [1.54, 1.807) is 0 Å². The first kappa shape index (κ1) is 8.06. The minimum absolute atomic E-state index is 0.0784. The third-order valence-electron chi connectivity index (χ3n) is 3.45. The molecule has 2 aliphatic rings. The fraction of sp³-hybridized carbons (Fsp3) is 1.00. The van der Waals surface area contributed by atoms with Gasteiger partial charge in [0, 0.05) is 5.33 Å². The van der Waals surface area contributed by atoms with Crippen LogP contribution in [0.3, 0.4) is 0 Å². The van der Waals surface area contributed by atoms with Crippen molar-refractivity contribution < 1.29 is 5.11 Å². The lowest BCUT2D eigenvalue weighted by Crippen LogP contribution is -2.26. The summed E-state index contributed by atoms with van der Waals surface area (Å²) >= 11 is 3.35. The molecular formula is C9H15BrO. The van der Waals surface area contributed by atoms with E-state index in [-0.39, 0.29) is 6.10 Å². The summed E-state index contributed by atoms with van der Waals surface area (Å²) in [6.07, 6.45) is 5.41. The van der Waals surface area contributed by atoms with Crippen LogP contribution in [0.25, 0.3) is 0 Å². The first-order chi connectivity index (χ1) is 5.31. The molecule has 64 valence electrons. The van der Waals surface area contributed by atoms with Crippen molar-refractivity contribution >= 4 is 15.9 Å². The van der Waals surface area contributed by atoms with Crippen molar-refractivity contribution in [2.45, 2.75) is 31.8 Å². The molecule has 2 rings (SSSR count). The Morgan fingerprint density at radius 2 is 2.18 bits per heavy atom. The lowest BCUT2D eigenvalue weighted by atomic mass is 9.85. The highest BCUT2D eigenvalue weighted by Gasteiger charge is 2.42. The third kappa shape index (κ3) is 1.35. The molecule has 2 aliphatic carbocycles. The van der Waals surface area contributed by atoms with E-state index in [4.69, 9.17) is 0 Å². The molecule has 0 saturated heterocycles. The average molecular weight is 219 g/mol. The summed E-state index contributed by atoms with van der Waals surface area (Å²) in [4.78, 5) is 0. The fourth-order valence-electron chi connectivity index (χ4n) is 2.88. The number of rotatable bonds is 2. The summed E-state index contributed by atoms with van der Waals surface area (Å²) in [5, 5.41) is 10.4. The third-order valence-corrected chi connectivity index (χ3v) is 4.11. The molecule has 3 unspecified atom stereocenters. The van der Waals surface area contributed by atoms with Crippen LogP contribution in [0.1, 0.15) is 25.7 Å². The molecule has 0 amide bonds. The van der Waals surface area contributed by atoms with E-state index in [9.17, 15) is 5.11 Å². The second-order valence-electron chi connectivity index (χ2n) is 4.06. The predicted molar refractivity (Wildman–Crippen MR) is 48.7 cm³/mol. The van der Waals surface area contributed by atoms with Crippen molar-refractivity contribution in [2.24, 2.45) is 17.8 Å². The van der Waals surface area contributed by atoms with Gasteiger partial charge in [-0.1, -0.05) is 22.4 Å². The van der Waals surface area contributed by atoms with E-state index >= 15 is 0 Å². The summed E-state index contributed by atoms with van der Waals surface area (Å²) in [7, 11) is 0. The zero-order chi connectivity index (χ0) is 7.84. The molecule has 0 heterocycles. The molecule has 0 aromatic heterocycles. The minimum atomic E-state index is -0.0784. The first-order valence-corrected chi connectivity index (χ1v) is 5.67. The van der Waals surface area contributed by atoms with Gasteiger partial charge >= 0.3 is 0 Å². The molecule has 0 aromatic carbocycles. The minimum Gasteiger partial charge on any atom is -0.392 e. The number of halogens is 1. The van der Waals surface area contributed by atoms with Crippen LogP contribution in [0, 0.1) is 17.8 Å². The summed E-state index contributed by atoms with van der Waals surface area (Å²) in [5.41, 5.74) is 0. The summed E-state index contributed by atoms with van der Waals surface area (Å²) < 4.78 is 0. The Kier molecular flexibility index (Phi) is 2.24.